The summed E-state index contributed by atoms with van der Waals surface area (Å²) in [5.74, 6) is 1.73. The van der Waals surface area contributed by atoms with Gasteiger partial charge in [-0.2, -0.15) is 10.2 Å². The van der Waals surface area contributed by atoms with E-state index in [2.05, 4.69) is 54.8 Å². The van der Waals surface area contributed by atoms with Crippen molar-refractivity contribution in [1.29, 1.82) is 0 Å². The van der Waals surface area contributed by atoms with Gasteiger partial charge in [0.25, 0.3) is 0 Å². The Morgan fingerprint density at radius 1 is 0.610 bits per heavy atom. The summed E-state index contributed by atoms with van der Waals surface area (Å²) in [5.41, 5.74) is 5.04. The summed E-state index contributed by atoms with van der Waals surface area (Å²) >= 11 is 0. The highest BCUT2D eigenvalue weighted by atomic mass is 16.5. The van der Waals surface area contributed by atoms with E-state index in [9.17, 15) is 0 Å². The van der Waals surface area contributed by atoms with E-state index in [1.165, 1.54) is 0 Å². The molecule has 210 valence electrons. The molecule has 4 rings (SSSR count). The van der Waals surface area contributed by atoms with Crippen molar-refractivity contribution in [2.45, 2.75) is 59.2 Å². The Labute approximate surface area is 243 Å². The van der Waals surface area contributed by atoms with Crippen LogP contribution in [0.15, 0.2) is 117 Å². The molecule has 0 aliphatic heterocycles. The van der Waals surface area contributed by atoms with Gasteiger partial charge in [0.1, 0.15) is 17.1 Å². The van der Waals surface area contributed by atoms with E-state index in [0.29, 0.717) is 0 Å². The number of rotatable bonds is 12. The summed E-state index contributed by atoms with van der Waals surface area (Å²) < 4.78 is 11.8. The topological polar surface area (TPSA) is 67.9 Å². The Kier molecular flexibility index (Phi) is 10.2. The maximum atomic E-state index is 6.01. The Hall–Kier alpha value is -4.58. The fourth-order valence-corrected chi connectivity index (χ4v) is 3.59. The molecule has 0 amide bonds. The van der Waals surface area contributed by atoms with E-state index in [1.54, 1.807) is 0 Å². The van der Waals surface area contributed by atoms with E-state index < -0.39 is 0 Å². The summed E-state index contributed by atoms with van der Waals surface area (Å²) in [6.07, 6.45) is 5.81. The van der Waals surface area contributed by atoms with E-state index in [1.807, 2.05) is 109 Å². The summed E-state index contributed by atoms with van der Waals surface area (Å²) in [6, 6.07) is 31.2. The predicted octanol–water partition coefficient (Wildman–Crippen LogP) is 10.3. The zero-order valence-corrected chi connectivity index (χ0v) is 24.5. The standard InChI is InChI=1S/C35H38N4O2/c1-6-26(3)40-33-20-8-27(9-21-33)24-36-29-12-16-31(17-13-29)38-39-32-18-14-30(15-19-32)37-25-28-10-22-34(23-11-28)41-35(4,5)7-2/h8-26H,6-7H2,1-5H3/b36-24+,37-25?,39-38?. The van der Waals surface area contributed by atoms with Crippen molar-refractivity contribution in [2.24, 2.45) is 20.2 Å². The second-order valence-corrected chi connectivity index (χ2v) is 10.4. The highest BCUT2D eigenvalue weighted by Crippen LogP contribution is 2.24. The molecule has 0 heterocycles. The Morgan fingerprint density at radius 3 is 1.44 bits per heavy atom. The Balaban J connectivity index is 1.28. The minimum Gasteiger partial charge on any atom is -0.491 e. The van der Waals surface area contributed by atoms with Crippen molar-refractivity contribution in [2.75, 3.05) is 0 Å². The molecule has 6 heteroatoms. The molecule has 4 aromatic carbocycles. The molecule has 0 N–H and O–H groups in total. The first-order valence-electron chi connectivity index (χ1n) is 14.1. The van der Waals surface area contributed by atoms with Crippen molar-refractivity contribution in [3.63, 3.8) is 0 Å². The van der Waals surface area contributed by atoms with E-state index in [0.717, 1.165) is 58.2 Å². The van der Waals surface area contributed by atoms with Crippen LogP contribution >= 0.6 is 0 Å². The van der Waals surface area contributed by atoms with Gasteiger partial charge in [0.2, 0.25) is 0 Å². The first-order chi connectivity index (χ1) is 19.8. The number of hydrogen-bond donors (Lipinski definition) is 0. The molecule has 1 atom stereocenters. The fraction of sp³-hybridized carbons (Fsp3) is 0.257. The lowest BCUT2D eigenvalue weighted by molar-refractivity contribution is 0.105. The molecule has 41 heavy (non-hydrogen) atoms. The van der Waals surface area contributed by atoms with Crippen LogP contribution in [0.25, 0.3) is 0 Å². The minimum atomic E-state index is -0.177. The summed E-state index contributed by atoms with van der Waals surface area (Å²) in [4.78, 5) is 9.12. The van der Waals surface area contributed by atoms with Crippen LogP contribution in [0.4, 0.5) is 22.7 Å². The number of nitrogens with zero attached hydrogens (tertiary/aromatic N) is 4. The SMILES string of the molecule is CCC(C)Oc1ccc(/C=N/c2ccc(N=Nc3ccc(N=Cc4ccc(OC(C)(C)CC)cc4)cc3)cc2)cc1. The highest BCUT2D eigenvalue weighted by molar-refractivity contribution is 5.82. The molecular weight excluding hydrogens is 508 g/mol. The first kappa shape index (κ1) is 29.4. The van der Waals surface area contributed by atoms with Gasteiger partial charge in [-0.25, -0.2) is 0 Å². The summed E-state index contributed by atoms with van der Waals surface area (Å²) in [5, 5.41) is 8.70. The third kappa shape index (κ3) is 9.53. The second-order valence-electron chi connectivity index (χ2n) is 10.4. The average Bonchev–Trinajstić information content (AvgIpc) is 3.00. The van der Waals surface area contributed by atoms with Crippen LogP contribution in [0.1, 0.15) is 58.6 Å². The van der Waals surface area contributed by atoms with Crippen molar-refractivity contribution >= 4 is 35.2 Å². The third-order valence-corrected chi connectivity index (χ3v) is 6.62. The van der Waals surface area contributed by atoms with Gasteiger partial charge in [-0.05, 0) is 142 Å². The molecule has 0 saturated carbocycles. The average molecular weight is 547 g/mol. The predicted molar refractivity (Wildman–Crippen MR) is 170 cm³/mol. The lowest BCUT2D eigenvalue weighted by Gasteiger charge is -2.24. The molecule has 0 aliphatic rings. The van der Waals surface area contributed by atoms with Gasteiger partial charge in [0.15, 0.2) is 0 Å². The maximum absolute atomic E-state index is 6.01. The van der Waals surface area contributed by atoms with Crippen molar-refractivity contribution < 1.29 is 9.47 Å². The van der Waals surface area contributed by atoms with Gasteiger partial charge >= 0.3 is 0 Å². The third-order valence-electron chi connectivity index (χ3n) is 6.62. The van der Waals surface area contributed by atoms with Crippen LogP contribution in [0.5, 0.6) is 11.5 Å². The summed E-state index contributed by atoms with van der Waals surface area (Å²) in [7, 11) is 0. The molecule has 6 nitrogen and oxygen atoms in total. The van der Waals surface area contributed by atoms with Crippen molar-refractivity contribution in [1.82, 2.24) is 0 Å². The molecule has 0 aromatic heterocycles. The van der Waals surface area contributed by atoms with Crippen LogP contribution in [0, 0.1) is 0 Å². The van der Waals surface area contributed by atoms with Gasteiger partial charge < -0.3 is 9.47 Å². The number of benzene rings is 4. The molecule has 4 aromatic rings. The van der Waals surface area contributed by atoms with Gasteiger partial charge in [-0.3, -0.25) is 9.98 Å². The van der Waals surface area contributed by atoms with Crippen LogP contribution < -0.4 is 9.47 Å². The monoisotopic (exact) mass is 546 g/mol. The van der Waals surface area contributed by atoms with E-state index >= 15 is 0 Å². The van der Waals surface area contributed by atoms with Crippen LogP contribution in [0.2, 0.25) is 0 Å². The van der Waals surface area contributed by atoms with Crippen molar-refractivity contribution in [3.8, 4) is 11.5 Å². The Morgan fingerprint density at radius 2 is 1.02 bits per heavy atom. The molecule has 0 aliphatic carbocycles. The molecule has 0 radical (unpaired) electrons. The largest absolute Gasteiger partial charge is 0.491 e. The molecule has 0 fully saturated rings. The normalized spacial score (nSPS) is 12.8. The highest BCUT2D eigenvalue weighted by Gasteiger charge is 2.16. The van der Waals surface area contributed by atoms with Gasteiger partial charge in [-0.15, -0.1) is 0 Å². The zero-order chi connectivity index (χ0) is 29.1. The fourth-order valence-electron chi connectivity index (χ4n) is 3.59. The van der Waals surface area contributed by atoms with Gasteiger partial charge in [0.05, 0.1) is 28.9 Å². The quantitative estimate of drug-likeness (QED) is 0.131. The molecule has 0 bridgehead atoms. The number of ether oxygens (including phenoxy) is 2. The maximum Gasteiger partial charge on any atom is 0.120 e. The Bertz CT molecular complexity index is 1460. The van der Waals surface area contributed by atoms with Gasteiger partial charge in [-0.1, -0.05) is 13.8 Å². The van der Waals surface area contributed by atoms with E-state index in [-0.39, 0.29) is 11.7 Å². The molecular formula is C35H38N4O2. The van der Waals surface area contributed by atoms with Crippen LogP contribution in [-0.2, 0) is 0 Å². The molecule has 0 spiro atoms. The zero-order valence-electron chi connectivity index (χ0n) is 24.5. The first-order valence-corrected chi connectivity index (χ1v) is 14.1. The van der Waals surface area contributed by atoms with E-state index in [4.69, 9.17) is 9.47 Å². The lowest BCUT2D eigenvalue weighted by atomic mass is 10.1. The summed E-state index contributed by atoms with van der Waals surface area (Å²) in [6.45, 7) is 10.5. The second kappa shape index (κ2) is 14.2. The number of aliphatic imine (C=N–C) groups is 2. The van der Waals surface area contributed by atoms with Crippen molar-refractivity contribution in [3.05, 3.63) is 108 Å². The molecule has 0 saturated heterocycles. The van der Waals surface area contributed by atoms with Gasteiger partial charge in [0, 0.05) is 12.4 Å². The molecule has 1 unspecified atom stereocenters. The number of hydrogen-bond acceptors (Lipinski definition) is 6. The minimum absolute atomic E-state index is 0.177. The van der Waals surface area contributed by atoms with Crippen LogP contribution in [-0.4, -0.2) is 24.1 Å². The number of azo groups is 1. The smallest absolute Gasteiger partial charge is 0.120 e. The lowest BCUT2D eigenvalue weighted by Crippen LogP contribution is -2.26. The van der Waals surface area contributed by atoms with Crippen LogP contribution in [0.3, 0.4) is 0 Å².